The minimum Gasteiger partial charge on any atom is -0.480 e. The second kappa shape index (κ2) is 10.4. The number of hydrogen-bond donors (Lipinski definition) is 2. The first-order chi connectivity index (χ1) is 8.11. The maximum atomic E-state index is 11.5. The van der Waals surface area contributed by atoms with E-state index in [0.29, 0.717) is 12.8 Å². The van der Waals surface area contributed by atoms with Crippen LogP contribution in [0.3, 0.4) is 0 Å². The van der Waals surface area contributed by atoms with Gasteiger partial charge in [-0.2, -0.15) is 11.8 Å². The van der Waals surface area contributed by atoms with Crippen molar-refractivity contribution in [1.29, 1.82) is 0 Å². The third-order valence-electron chi connectivity index (χ3n) is 2.48. The van der Waals surface area contributed by atoms with Crippen LogP contribution in [-0.4, -0.2) is 35.0 Å². The smallest absolute Gasteiger partial charge is 0.326 e. The average molecular weight is 261 g/mol. The van der Waals surface area contributed by atoms with Gasteiger partial charge < -0.3 is 10.4 Å². The Labute approximate surface area is 108 Å². The zero-order valence-electron chi connectivity index (χ0n) is 10.7. The fourth-order valence-electron chi connectivity index (χ4n) is 1.46. The molecule has 0 heterocycles. The Bertz CT molecular complexity index is 234. The molecule has 1 atom stereocenters. The first kappa shape index (κ1) is 16.3. The lowest BCUT2D eigenvalue weighted by Gasteiger charge is -2.13. The Balaban J connectivity index is 3.83. The van der Waals surface area contributed by atoms with Crippen LogP contribution in [0.25, 0.3) is 0 Å². The fraction of sp³-hybridized carbons (Fsp3) is 0.833. The molecule has 0 bridgehead atoms. The minimum absolute atomic E-state index is 0.144. The van der Waals surface area contributed by atoms with E-state index in [9.17, 15) is 9.59 Å². The highest BCUT2D eigenvalue weighted by Crippen LogP contribution is 2.04. The van der Waals surface area contributed by atoms with Crippen molar-refractivity contribution in [3.05, 3.63) is 0 Å². The van der Waals surface area contributed by atoms with E-state index >= 15 is 0 Å². The topological polar surface area (TPSA) is 66.4 Å². The largest absolute Gasteiger partial charge is 0.480 e. The van der Waals surface area contributed by atoms with Gasteiger partial charge in [0.2, 0.25) is 5.91 Å². The molecule has 2 N–H and O–H groups in total. The van der Waals surface area contributed by atoms with Crippen LogP contribution in [0.2, 0.25) is 0 Å². The van der Waals surface area contributed by atoms with Gasteiger partial charge in [0.25, 0.3) is 0 Å². The van der Waals surface area contributed by atoms with Crippen LogP contribution < -0.4 is 5.32 Å². The lowest BCUT2D eigenvalue weighted by atomic mass is 10.1. The molecule has 1 unspecified atom stereocenters. The summed E-state index contributed by atoms with van der Waals surface area (Å²) in [7, 11) is 0. The van der Waals surface area contributed by atoms with Crippen molar-refractivity contribution in [1.82, 2.24) is 5.32 Å². The van der Waals surface area contributed by atoms with Crippen LogP contribution in [-0.2, 0) is 9.59 Å². The van der Waals surface area contributed by atoms with Gasteiger partial charge in [0.05, 0.1) is 0 Å². The number of hydrogen-bond acceptors (Lipinski definition) is 3. The number of carboxylic acid groups (broad SMARTS) is 1. The maximum absolute atomic E-state index is 11.5. The summed E-state index contributed by atoms with van der Waals surface area (Å²) in [6.07, 6.45) is 6.56. The molecule has 0 aromatic heterocycles. The molecule has 0 spiro atoms. The van der Waals surface area contributed by atoms with E-state index in [0.717, 1.165) is 31.4 Å². The number of carbonyl (C=O) groups excluding carboxylic acids is 1. The van der Waals surface area contributed by atoms with Crippen LogP contribution in [0, 0.1) is 0 Å². The molecule has 0 aliphatic heterocycles. The van der Waals surface area contributed by atoms with Gasteiger partial charge in [0.1, 0.15) is 6.04 Å². The molecule has 17 heavy (non-hydrogen) atoms. The summed E-state index contributed by atoms with van der Waals surface area (Å²) < 4.78 is 0. The number of carboxylic acids is 1. The quantitative estimate of drug-likeness (QED) is 0.592. The van der Waals surface area contributed by atoms with E-state index in [-0.39, 0.29) is 5.91 Å². The van der Waals surface area contributed by atoms with Gasteiger partial charge in [-0.15, -0.1) is 0 Å². The molecule has 0 aliphatic rings. The Morgan fingerprint density at radius 3 is 2.53 bits per heavy atom. The van der Waals surface area contributed by atoms with Crippen LogP contribution in [0.1, 0.15) is 45.4 Å². The standard InChI is InChI=1S/C12H23NO3S/c1-3-4-7-10(12(15)16)13-11(14)8-5-6-9-17-2/h10H,3-9H2,1-2H3,(H,13,14)(H,15,16). The van der Waals surface area contributed by atoms with E-state index in [1.165, 1.54) is 0 Å². The molecule has 0 aromatic rings. The van der Waals surface area contributed by atoms with Crippen molar-refractivity contribution in [3.8, 4) is 0 Å². The van der Waals surface area contributed by atoms with Crippen molar-refractivity contribution < 1.29 is 14.7 Å². The Kier molecular flexibility index (Phi) is 10.0. The van der Waals surface area contributed by atoms with Crippen LogP contribution in [0.4, 0.5) is 0 Å². The Morgan fingerprint density at radius 1 is 1.29 bits per heavy atom. The molecule has 4 nitrogen and oxygen atoms in total. The molecule has 1 amide bonds. The van der Waals surface area contributed by atoms with Crippen molar-refractivity contribution in [2.75, 3.05) is 12.0 Å². The number of amides is 1. The first-order valence-electron chi connectivity index (χ1n) is 6.13. The van der Waals surface area contributed by atoms with Gasteiger partial charge in [0, 0.05) is 6.42 Å². The molecule has 0 aromatic carbocycles. The summed E-state index contributed by atoms with van der Waals surface area (Å²) in [5.74, 6) is -0.0311. The van der Waals surface area contributed by atoms with E-state index in [1.807, 2.05) is 13.2 Å². The Hall–Kier alpha value is -0.710. The van der Waals surface area contributed by atoms with Gasteiger partial charge in [0.15, 0.2) is 0 Å². The second-order valence-corrected chi connectivity index (χ2v) is 5.04. The fourth-order valence-corrected chi connectivity index (χ4v) is 1.96. The molecular weight excluding hydrogens is 238 g/mol. The van der Waals surface area contributed by atoms with Gasteiger partial charge in [-0.05, 0) is 31.3 Å². The third-order valence-corrected chi connectivity index (χ3v) is 3.18. The first-order valence-corrected chi connectivity index (χ1v) is 7.52. The summed E-state index contributed by atoms with van der Waals surface area (Å²) in [5.41, 5.74) is 0. The van der Waals surface area contributed by atoms with Gasteiger partial charge in [-0.25, -0.2) is 4.79 Å². The number of rotatable bonds is 10. The van der Waals surface area contributed by atoms with Gasteiger partial charge in [-0.3, -0.25) is 4.79 Å². The van der Waals surface area contributed by atoms with E-state index in [1.54, 1.807) is 11.8 Å². The van der Waals surface area contributed by atoms with E-state index in [4.69, 9.17) is 5.11 Å². The lowest BCUT2D eigenvalue weighted by Crippen LogP contribution is -2.40. The number of unbranched alkanes of at least 4 members (excludes halogenated alkanes) is 2. The molecule has 0 aliphatic carbocycles. The SMILES string of the molecule is CCCCC(NC(=O)CCCCSC)C(=O)O. The minimum atomic E-state index is -0.934. The second-order valence-electron chi connectivity index (χ2n) is 4.05. The molecule has 0 rings (SSSR count). The van der Waals surface area contributed by atoms with Crippen LogP contribution in [0.5, 0.6) is 0 Å². The van der Waals surface area contributed by atoms with Crippen LogP contribution >= 0.6 is 11.8 Å². The number of thioether (sulfide) groups is 1. The summed E-state index contributed by atoms with van der Waals surface area (Å²) in [6.45, 7) is 2.00. The zero-order valence-corrected chi connectivity index (χ0v) is 11.5. The predicted molar refractivity (Wildman–Crippen MR) is 71.3 cm³/mol. The molecule has 5 heteroatoms. The molecule has 0 fully saturated rings. The third kappa shape index (κ3) is 9.03. The van der Waals surface area contributed by atoms with E-state index < -0.39 is 12.0 Å². The van der Waals surface area contributed by atoms with Gasteiger partial charge >= 0.3 is 5.97 Å². The molecule has 0 saturated carbocycles. The van der Waals surface area contributed by atoms with Gasteiger partial charge in [-0.1, -0.05) is 19.8 Å². The summed E-state index contributed by atoms with van der Waals surface area (Å²) in [5, 5.41) is 11.5. The molecule has 0 radical (unpaired) electrons. The molecular formula is C12H23NO3S. The maximum Gasteiger partial charge on any atom is 0.326 e. The van der Waals surface area contributed by atoms with Crippen molar-refractivity contribution in [3.63, 3.8) is 0 Å². The Morgan fingerprint density at radius 2 is 2.00 bits per heavy atom. The highest BCUT2D eigenvalue weighted by Gasteiger charge is 2.18. The summed E-state index contributed by atoms with van der Waals surface area (Å²) in [4.78, 5) is 22.4. The van der Waals surface area contributed by atoms with E-state index in [2.05, 4.69) is 5.32 Å². The number of carbonyl (C=O) groups is 2. The molecule has 100 valence electrons. The summed E-state index contributed by atoms with van der Waals surface area (Å²) >= 11 is 1.76. The van der Waals surface area contributed by atoms with Crippen molar-refractivity contribution >= 4 is 23.6 Å². The normalized spacial score (nSPS) is 12.1. The highest BCUT2D eigenvalue weighted by molar-refractivity contribution is 7.98. The monoisotopic (exact) mass is 261 g/mol. The zero-order chi connectivity index (χ0) is 13.1. The predicted octanol–water partition coefficient (Wildman–Crippen LogP) is 2.28. The van der Waals surface area contributed by atoms with Crippen molar-refractivity contribution in [2.24, 2.45) is 0 Å². The average Bonchev–Trinajstić information content (AvgIpc) is 2.29. The number of aliphatic carboxylic acids is 1. The molecule has 0 saturated heterocycles. The van der Waals surface area contributed by atoms with Crippen LogP contribution in [0.15, 0.2) is 0 Å². The van der Waals surface area contributed by atoms with Crippen molar-refractivity contribution in [2.45, 2.75) is 51.5 Å². The lowest BCUT2D eigenvalue weighted by molar-refractivity contribution is -0.142. The number of nitrogens with one attached hydrogen (secondary N) is 1. The highest BCUT2D eigenvalue weighted by atomic mass is 32.2. The summed E-state index contributed by atoms with van der Waals surface area (Å²) in [6, 6.07) is -0.719.